The van der Waals surface area contributed by atoms with E-state index in [9.17, 15) is 9.59 Å². The van der Waals surface area contributed by atoms with Crippen molar-refractivity contribution in [2.24, 2.45) is 4.99 Å². The van der Waals surface area contributed by atoms with E-state index in [0.717, 1.165) is 44.1 Å². The number of hydrogen-bond acceptors (Lipinski definition) is 5. The smallest absolute Gasteiger partial charge is 0.257 e. The van der Waals surface area contributed by atoms with Crippen LogP contribution < -0.4 is 16.0 Å². The summed E-state index contributed by atoms with van der Waals surface area (Å²) in [7, 11) is 0. The van der Waals surface area contributed by atoms with Gasteiger partial charge >= 0.3 is 0 Å². The molecule has 8 heteroatoms. The van der Waals surface area contributed by atoms with Gasteiger partial charge in [0.2, 0.25) is 11.9 Å². The number of anilines is 2. The summed E-state index contributed by atoms with van der Waals surface area (Å²) in [4.78, 5) is 31.0. The van der Waals surface area contributed by atoms with Crippen LogP contribution in [0.4, 0.5) is 11.4 Å². The standard InChI is InChI=1S/C24H31N5O3/c1-17-4-9-22(18(2)16-17)27-24(25-10-11-29-12-14-32-15-13-29)28-23(31)20-5-7-21(8-6-20)26-19(3)30/h4-9,16H,10-15H2,1-3H3,(H,26,30)(H2,25,27,28,31). The molecular weight excluding hydrogens is 406 g/mol. The van der Waals surface area contributed by atoms with Gasteiger partial charge in [-0.2, -0.15) is 0 Å². The number of benzene rings is 2. The first kappa shape index (κ1) is 23.4. The van der Waals surface area contributed by atoms with E-state index in [4.69, 9.17) is 4.74 Å². The van der Waals surface area contributed by atoms with E-state index in [1.165, 1.54) is 12.5 Å². The van der Waals surface area contributed by atoms with Gasteiger partial charge in [-0.05, 0) is 49.7 Å². The largest absolute Gasteiger partial charge is 0.379 e. The number of nitrogens with zero attached hydrogens (tertiary/aromatic N) is 2. The number of rotatable bonds is 6. The van der Waals surface area contributed by atoms with Crippen molar-refractivity contribution in [3.05, 3.63) is 59.2 Å². The van der Waals surface area contributed by atoms with Gasteiger partial charge in [0.25, 0.3) is 5.91 Å². The maximum atomic E-state index is 12.8. The molecule has 2 amide bonds. The molecule has 3 N–H and O–H groups in total. The van der Waals surface area contributed by atoms with E-state index in [1.54, 1.807) is 24.3 Å². The van der Waals surface area contributed by atoms with E-state index >= 15 is 0 Å². The van der Waals surface area contributed by atoms with Crippen LogP contribution in [0.3, 0.4) is 0 Å². The number of nitrogens with one attached hydrogen (secondary N) is 3. The summed E-state index contributed by atoms with van der Waals surface area (Å²) in [5.41, 5.74) is 4.24. The van der Waals surface area contributed by atoms with Gasteiger partial charge in [-0.15, -0.1) is 0 Å². The third-order valence-corrected chi connectivity index (χ3v) is 5.12. The van der Waals surface area contributed by atoms with Crippen molar-refractivity contribution in [3.8, 4) is 0 Å². The SMILES string of the molecule is CC(=O)Nc1ccc(C(=O)NC(=NCCN2CCOCC2)Nc2ccc(C)cc2C)cc1. The Kier molecular flexibility index (Phi) is 8.35. The third-order valence-electron chi connectivity index (χ3n) is 5.12. The number of aliphatic imine (C=N–C) groups is 1. The Labute approximate surface area is 189 Å². The molecule has 0 bridgehead atoms. The van der Waals surface area contributed by atoms with Gasteiger partial charge in [0.05, 0.1) is 19.8 Å². The average Bonchev–Trinajstić information content (AvgIpc) is 2.76. The number of carbonyl (C=O) groups excluding carboxylic acids is 2. The molecule has 0 unspecified atom stereocenters. The summed E-state index contributed by atoms with van der Waals surface area (Å²) in [5, 5.41) is 8.85. The molecule has 170 valence electrons. The van der Waals surface area contributed by atoms with Crippen LogP contribution >= 0.6 is 0 Å². The van der Waals surface area contributed by atoms with Crippen LogP contribution in [0.1, 0.15) is 28.4 Å². The Hall–Kier alpha value is -3.23. The highest BCUT2D eigenvalue weighted by Gasteiger charge is 2.13. The van der Waals surface area contributed by atoms with Crippen LogP contribution in [0.15, 0.2) is 47.5 Å². The minimum atomic E-state index is -0.276. The maximum absolute atomic E-state index is 12.8. The summed E-state index contributed by atoms with van der Waals surface area (Å²) < 4.78 is 5.39. The number of carbonyl (C=O) groups is 2. The molecular formula is C24H31N5O3. The van der Waals surface area contributed by atoms with Crippen molar-refractivity contribution in [2.45, 2.75) is 20.8 Å². The minimum absolute atomic E-state index is 0.158. The first-order chi connectivity index (χ1) is 15.4. The Bertz CT molecular complexity index is 966. The first-order valence-electron chi connectivity index (χ1n) is 10.8. The molecule has 0 saturated carbocycles. The zero-order chi connectivity index (χ0) is 22.9. The van der Waals surface area contributed by atoms with E-state index in [2.05, 4.69) is 31.9 Å². The van der Waals surface area contributed by atoms with Crippen LogP contribution in [0, 0.1) is 13.8 Å². The van der Waals surface area contributed by atoms with Gasteiger partial charge < -0.3 is 15.4 Å². The van der Waals surface area contributed by atoms with Crippen molar-refractivity contribution in [1.82, 2.24) is 10.2 Å². The normalized spacial score (nSPS) is 14.7. The molecule has 0 atom stereocenters. The molecule has 0 aliphatic carbocycles. The van der Waals surface area contributed by atoms with Gasteiger partial charge in [-0.1, -0.05) is 17.7 Å². The van der Waals surface area contributed by atoms with Gasteiger partial charge in [0.1, 0.15) is 0 Å². The quantitative estimate of drug-likeness (QED) is 0.477. The number of ether oxygens (including phenoxy) is 1. The Morgan fingerprint density at radius 1 is 1.03 bits per heavy atom. The lowest BCUT2D eigenvalue weighted by Gasteiger charge is -2.25. The van der Waals surface area contributed by atoms with Crippen LogP contribution in [0.25, 0.3) is 0 Å². The van der Waals surface area contributed by atoms with Gasteiger partial charge in [0, 0.05) is 43.5 Å². The van der Waals surface area contributed by atoms with Crippen LogP contribution in [0.5, 0.6) is 0 Å². The van der Waals surface area contributed by atoms with Crippen molar-refractivity contribution >= 4 is 29.1 Å². The van der Waals surface area contributed by atoms with Crippen LogP contribution in [-0.4, -0.2) is 62.1 Å². The zero-order valence-corrected chi connectivity index (χ0v) is 18.9. The first-order valence-corrected chi connectivity index (χ1v) is 10.8. The Balaban J connectivity index is 1.70. The summed E-state index contributed by atoms with van der Waals surface area (Å²) in [5.74, 6) is -0.0301. The molecule has 32 heavy (non-hydrogen) atoms. The zero-order valence-electron chi connectivity index (χ0n) is 18.9. The highest BCUT2D eigenvalue weighted by molar-refractivity contribution is 6.10. The van der Waals surface area contributed by atoms with Crippen molar-refractivity contribution in [2.75, 3.05) is 50.0 Å². The molecule has 2 aromatic rings. The maximum Gasteiger partial charge on any atom is 0.257 e. The second kappa shape index (κ2) is 11.4. The molecule has 0 spiro atoms. The number of amides is 2. The lowest BCUT2D eigenvalue weighted by molar-refractivity contribution is -0.114. The topological polar surface area (TPSA) is 95.1 Å². The van der Waals surface area contributed by atoms with E-state index in [0.29, 0.717) is 23.8 Å². The van der Waals surface area contributed by atoms with Crippen molar-refractivity contribution < 1.29 is 14.3 Å². The molecule has 1 aliphatic heterocycles. The predicted octanol–water partition coefficient (Wildman–Crippen LogP) is 2.79. The molecule has 1 aliphatic rings. The highest BCUT2D eigenvalue weighted by atomic mass is 16.5. The van der Waals surface area contributed by atoms with Gasteiger partial charge in [0.15, 0.2) is 0 Å². The van der Waals surface area contributed by atoms with E-state index in [1.807, 2.05) is 26.0 Å². The van der Waals surface area contributed by atoms with Crippen LogP contribution in [0.2, 0.25) is 0 Å². The highest BCUT2D eigenvalue weighted by Crippen LogP contribution is 2.16. The Morgan fingerprint density at radius 2 is 1.75 bits per heavy atom. The fourth-order valence-electron chi connectivity index (χ4n) is 3.41. The summed E-state index contributed by atoms with van der Waals surface area (Å²) in [6, 6.07) is 12.8. The molecule has 2 aromatic carbocycles. The van der Waals surface area contributed by atoms with Gasteiger partial charge in [-0.25, -0.2) is 0 Å². The second-order valence-electron chi connectivity index (χ2n) is 7.84. The van der Waals surface area contributed by atoms with Crippen LogP contribution in [-0.2, 0) is 9.53 Å². The van der Waals surface area contributed by atoms with Crippen molar-refractivity contribution in [3.63, 3.8) is 0 Å². The number of hydrogen-bond donors (Lipinski definition) is 3. The second-order valence-corrected chi connectivity index (χ2v) is 7.84. The number of guanidine groups is 1. The number of morpholine rings is 1. The molecule has 1 heterocycles. The fraction of sp³-hybridized carbons (Fsp3) is 0.375. The lowest BCUT2D eigenvalue weighted by Crippen LogP contribution is -2.39. The molecule has 3 rings (SSSR count). The van der Waals surface area contributed by atoms with E-state index < -0.39 is 0 Å². The molecule has 0 radical (unpaired) electrons. The van der Waals surface area contributed by atoms with Gasteiger partial charge in [-0.3, -0.25) is 24.8 Å². The molecule has 1 saturated heterocycles. The lowest BCUT2D eigenvalue weighted by atomic mass is 10.1. The summed E-state index contributed by atoms with van der Waals surface area (Å²) >= 11 is 0. The molecule has 8 nitrogen and oxygen atoms in total. The third kappa shape index (κ3) is 7.18. The Morgan fingerprint density at radius 3 is 2.41 bits per heavy atom. The average molecular weight is 438 g/mol. The molecule has 0 aromatic heterocycles. The monoisotopic (exact) mass is 437 g/mol. The number of aryl methyl sites for hydroxylation is 2. The summed E-state index contributed by atoms with van der Waals surface area (Å²) in [6.07, 6.45) is 0. The molecule has 1 fully saturated rings. The van der Waals surface area contributed by atoms with E-state index in [-0.39, 0.29) is 11.8 Å². The predicted molar refractivity (Wildman–Crippen MR) is 127 cm³/mol. The fourth-order valence-corrected chi connectivity index (χ4v) is 3.41. The summed E-state index contributed by atoms with van der Waals surface area (Å²) in [6.45, 7) is 10.1. The van der Waals surface area contributed by atoms with Crippen molar-refractivity contribution in [1.29, 1.82) is 0 Å². The minimum Gasteiger partial charge on any atom is -0.379 e.